The van der Waals surface area contributed by atoms with Crippen LogP contribution in [0, 0.1) is 5.92 Å². The first-order valence-corrected chi connectivity index (χ1v) is 3.95. The van der Waals surface area contributed by atoms with E-state index in [1.807, 2.05) is 0 Å². The van der Waals surface area contributed by atoms with Gasteiger partial charge in [0, 0.05) is 0 Å². The van der Waals surface area contributed by atoms with Gasteiger partial charge in [-0.05, 0) is 20.8 Å². The summed E-state index contributed by atoms with van der Waals surface area (Å²) in [5, 5.41) is 18.9. The average Bonchev–Trinajstić information content (AvgIpc) is 2.15. The molecule has 4 heteroatoms. The smallest absolute Gasteiger partial charge is 0.311 e. The molecule has 0 radical (unpaired) electrons. The number of aliphatic hydroxyl groups is 2. The van der Waals surface area contributed by atoms with Crippen LogP contribution in [0.4, 0.5) is 0 Å². The first kappa shape index (κ1) is 9.48. The monoisotopic (exact) mass is 174 g/mol. The van der Waals surface area contributed by atoms with Gasteiger partial charge in [-0.3, -0.25) is 4.79 Å². The molecule has 0 spiro atoms. The first-order valence-electron chi connectivity index (χ1n) is 3.95. The van der Waals surface area contributed by atoms with E-state index in [1.54, 1.807) is 6.92 Å². The number of rotatable bonds is 1. The largest absolute Gasteiger partial charge is 0.456 e. The summed E-state index contributed by atoms with van der Waals surface area (Å²) >= 11 is 0. The van der Waals surface area contributed by atoms with Gasteiger partial charge in [-0.1, -0.05) is 0 Å². The van der Waals surface area contributed by atoms with Crippen LogP contribution in [0.3, 0.4) is 0 Å². The van der Waals surface area contributed by atoms with Crippen molar-refractivity contribution in [2.75, 3.05) is 0 Å². The lowest BCUT2D eigenvalue weighted by molar-refractivity contribution is -0.154. The van der Waals surface area contributed by atoms with Gasteiger partial charge in [0.25, 0.3) is 0 Å². The Bertz CT molecular complexity index is 194. The topological polar surface area (TPSA) is 66.8 Å². The zero-order chi connectivity index (χ0) is 9.52. The number of hydrogen-bond acceptors (Lipinski definition) is 4. The van der Waals surface area contributed by atoms with Gasteiger partial charge in [0.1, 0.15) is 6.10 Å². The van der Waals surface area contributed by atoms with Crippen molar-refractivity contribution in [3.05, 3.63) is 0 Å². The van der Waals surface area contributed by atoms with Crippen molar-refractivity contribution in [2.45, 2.75) is 38.6 Å². The minimum absolute atomic E-state index is 0.449. The molecule has 1 fully saturated rings. The van der Waals surface area contributed by atoms with E-state index in [0.29, 0.717) is 0 Å². The normalized spacial score (nSPS) is 36.8. The van der Waals surface area contributed by atoms with E-state index in [-0.39, 0.29) is 0 Å². The highest BCUT2D eigenvalue weighted by atomic mass is 16.6. The summed E-state index contributed by atoms with van der Waals surface area (Å²) in [5.74, 6) is -0.990. The maximum absolute atomic E-state index is 10.9. The summed E-state index contributed by atoms with van der Waals surface area (Å²) in [5.41, 5.74) is -1.18. The molecule has 1 saturated heterocycles. The van der Waals surface area contributed by atoms with Crippen molar-refractivity contribution >= 4 is 5.97 Å². The Labute approximate surface area is 71.2 Å². The van der Waals surface area contributed by atoms with Gasteiger partial charge in [0.2, 0.25) is 0 Å². The van der Waals surface area contributed by atoms with Gasteiger partial charge in [0.05, 0.1) is 11.5 Å². The van der Waals surface area contributed by atoms with Crippen LogP contribution in [-0.4, -0.2) is 34.0 Å². The SMILES string of the molecule is C[C@@H]1C(=O)O[C@H](C(C)(C)O)[C@H]1O. The molecular formula is C8H14O4. The summed E-state index contributed by atoms with van der Waals surface area (Å²) in [6.07, 6.45) is -1.71. The number of esters is 1. The molecule has 3 atom stereocenters. The number of ether oxygens (including phenoxy) is 1. The molecule has 0 saturated carbocycles. The van der Waals surface area contributed by atoms with Crippen LogP contribution in [-0.2, 0) is 9.53 Å². The molecule has 1 aliphatic heterocycles. The van der Waals surface area contributed by atoms with E-state index in [9.17, 15) is 15.0 Å². The fourth-order valence-corrected chi connectivity index (χ4v) is 1.27. The molecule has 0 unspecified atom stereocenters. The molecule has 2 N–H and O–H groups in total. The van der Waals surface area contributed by atoms with Crippen molar-refractivity contribution < 1.29 is 19.7 Å². The minimum Gasteiger partial charge on any atom is -0.456 e. The highest BCUT2D eigenvalue weighted by Crippen LogP contribution is 2.28. The third-order valence-corrected chi connectivity index (χ3v) is 2.13. The molecule has 0 amide bonds. The van der Waals surface area contributed by atoms with Crippen LogP contribution in [0.1, 0.15) is 20.8 Å². The number of carbonyl (C=O) groups excluding carboxylic acids is 1. The molecule has 0 aromatic heterocycles. The molecule has 0 aromatic rings. The number of carbonyl (C=O) groups is 1. The van der Waals surface area contributed by atoms with Gasteiger partial charge >= 0.3 is 5.97 Å². The summed E-state index contributed by atoms with van der Waals surface area (Å²) in [6.45, 7) is 4.59. The Balaban J connectivity index is 2.78. The van der Waals surface area contributed by atoms with Crippen LogP contribution >= 0.6 is 0 Å². The lowest BCUT2D eigenvalue weighted by Gasteiger charge is -2.26. The quantitative estimate of drug-likeness (QED) is 0.535. The lowest BCUT2D eigenvalue weighted by Crippen LogP contribution is -2.43. The summed E-state index contributed by atoms with van der Waals surface area (Å²) in [7, 11) is 0. The van der Waals surface area contributed by atoms with Crippen LogP contribution in [0.5, 0.6) is 0 Å². The second-order valence-electron chi connectivity index (χ2n) is 3.79. The molecule has 1 heterocycles. The third kappa shape index (κ3) is 1.44. The zero-order valence-corrected chi connectivity index (χ0v) is 7.44. The van der Waals surface area contributed by atoms with E-state index in [4.69, 9.17) is 4.74 Å². The Morgan fingerprint density at radius 1 is 1.50 bits per heavy atom. The molecule has 12 heavy (non-hydrogen) atoms. The highest BCUT2D eigenvalue weighted by molar-refractivity contribution is 5.75. The molecule has 0 bridgehead atoms. The Kier molecular flexibility index (Phi) is 2.14. The predicted octanol–water partition coefficient (Wildman–Crippen LogP) is -0.320. The van der Waals surface area contributed by atoms with Gasteiger partial charge in [-0.2, -0.15) is 0 Å². The third-order valence-electron chi connectivity index (χ3n) is 2.13. The van der Waals surface area contributed by atoms with E-state index in [0.717, 1.165) is 0 Å². The minimum atomic E-state index is -1.18. The van der Waals surface area contributed by atoms with Crippen molar-refractivity contribution in [3.63, 3.8) is 0 Å². The Morgan fingerprint density at radius 2 is 2.00 bits per heavy atom. The molecule has 0 aliphatic carbocycles. The molecule has 70 valence electrons. The molecule has 0 aromatic carbocycles. The second kappa shape index (κ2) is 2.71. The highest BCUT2D eigenvalue weighted by Gasteiger charge is 2.47. The van der Waals surface area contributed by atoms with E-state index >= 15 is 0 Å². The maximum Gasteiger partial charge on any atom is 0.311 e. The van der Waals surface area contributed by atoms with Crippen molar-refractivity contribution in [1.29, 1.82) is 0 Å². The molecular weight excluding hydrogens is 160 g/mol. The lowest BCUT2D eigenvalue weighted by atomic mass is 9.93. The van der Waals surface area contributed by atoms with Crippen molar-refractivity contribution in [3.8, 4) is 0 Å². The van der Waals surface area contributed by atoms with Crippen LogP contribution < -0.4 is 0 Å². The van der Waals surface area contributed by atoms with Gasteiger partial charge in [-0.15, -0.1) is 0 Å². The molecule has 1 aliphatic rings. The number of aliphatic hydroxyl groups excluding tert-OH is 1. The Hall–Kier alpha value is -0.610. The van der Waals surface area contributed by atoms with Crippen LogP contribution in [0.25, 0.3) is 0 Å². The molecule has 1 rings (SSSR count). The van der Waals surface area contributed by atoms with Crippen molar-refractivity contribution in [2.24, 2.45) is 5.92 Å². The zero-order valence-electron chi connectivity index (χ0n) is 7.44. The summed E-state index contributed by atoms with van der Waals surface area (Å²) in [4.78, 5) is 10.9. The fraction of sp³-hybridized carbons (Fsp3) is 0.875. The van der Waals surface area contributed by atoms with E-state index in [2.05, 4.69) is 0 Å². The Morgan fingerprint density at radius 3 is 2.17 bits per heavy atom. The van der Waals surface area contributed by atoms with Gasteiger partial charge in [0.15, 0.2) is 6.10 Å². The fourth-order valence-electron chi connectivity index (χ4n) is 1.27. The number of hydrogen-bond donors (Lipinski definition) is 2. The standard InChI is InChI=1S/C8H14O4/c1-4-5(9)6(8(2,3)11)12-7(4)10/h4-6,9,11H,1-3H3/t4-,5-,6-/m0/s1. The van der Waals surface area contributed by atoms with E-state index < -0.39 is 29.7 Å². The van der Waals surface area contributed by atoms with E-state index in [1.165, 1.54) is 13.8 Å². The summed E-state index contributed by atoms with van der Waals surface area (Å²) in [6, 6.07) is 0. The number of cyclic esters (lactones) is 1. The summed E-state index contributed by atoms with van der Waals surface area (Å²) < 4.78 is 4.81. The second-order valence-corrected chi connectivity index (χ2v) is 3.79. The van der Waals surface area contributed by atoms with Crippen molar-refractivity contribution in [1.82, 2.24) is 0 Å². The van der Waals surface area contributed by atoms with Crippen LogP contribution in [0.2, 0.25) is 0 Å². The maximum atomic E-state index is 10.9. The molecule has 4 nitrogen and oxygen atoms in total. The average molecular weight is 174 g/mol. The van der Waals surface area contributed by atoms with Gasteiger partial charge < -0.3 is 14.9 Å². The van der Waals surface area contributed by atoms with Gasteiger partial charge in [-0.25, -0.2) is 0 Å². The van der Waals surface area contributed by atoms with Crippen LogP contribution in [0.15, 0.2) is 0 Å². The predicted molar refractivity (Wildman–Crippen MR) is 41.3 cm³/mol. The first-order chi connectivity index (χ1) is 5.34.